The summed E-state index contributed by atoms with van der Waals surface area (Å²) in [5, 5.41) is 0. The molecule has 130 valence electrons. The van der Waals surface area contributed by atoms with E-state index >= 15 is 0 Å². The lowest BCUT2D eigenvalue weighted by Gasteiger charge is -2.46. The van der Waals surface area contributed by atoms with Crippen LogP contribution in [-0.4, -0.2) is 17.7 Å². The first-order chi connectivity index (χ1) is 11.0. The Labute approximate surface area is 130 Å². The molecule has 0 fully saturated rings. The van der Waals surface area contributed by atoms with Crippen LogP contribution in [0.1, 0.15) is 36.3 Å². The summed E-state index contributed by atoms with van der Waals surface area (Å²) in [6.07, 6.45) is -3.04. The first kappa shape index (κ1) is 16.8. The van der Waals surface area contributed by atoms with Crippen molar-refractivity contribution in [2.75, 3.05) is 0 Å². The number of benzene rings is 1. The Balaban J connectivity index is 2.12. The van der Waals surface area contributed by atoms with Gasteiger partial charge in [-0.05, 0) is 13.3 Å². The van der Waals surface area contributed by atoms with E-state index in [0.717, 1.165) is 6.92 Å². The molecular weight excluding hydrogens is 345 g/mol. The van der Waals surface area contributed by atoms with E-state index in [-0.39, 0.29) is 6.42 Å². The van der Waals surface area contributed by atoms with Gasteiger partial charge in [-0.15, -0.1) is 0 Å². The quantitative estimate of drug-likeness (QED) is 0.248. The first-order valence-corrected chi connectivity index (χ1v) is 6.81. The second kappa shape index (κ2) is 4.97. The van der Waals surface area contributed by atoms with E-state index < -0.39 is 64.0 Å². The van der Waals surface area contributed by atoms with E-state index in [9.17, 15) is 35.5 Å². The average Bonchev–Trinajstić information content (AvgIpc) is 2.49. The summed E-state index contributed by atoms with van der Waals surface area (Å²) in [5.41, 5.74) is -2.95. The fourth-order valence-corrected chi connectivity index (χ4v) is 3.39. The van der Waals surface area contributed by atoms with Crippen LogP contribution in [0.5, 0.6) is 0 Å². The van der Waals surface area contributed by atoms with E-state index in [1.165, 1.54) is 12.2 Å². The second-order valence-electron chi connectivity index (χ2n) is 5.96. The Hall–Kier alpha value is -2.06. The number of hydrogen-bond acceptors (Lipinski definition) is 2. The number of hydrogen-bond donors (Lipinski definition) is 0. The number of rotatable bonds is 1. The van der Waals surface area contributed by atoms with Crippen LogP contribution in [0.15, 0.2) is 12.2 Å². The summed E-state index contributed by atoms with van der Waals surface area (Å²) in [7, 11) is 0. The highest BCUT2D eigenvalue weighted by Gasteiger charge is 2.54. The van der Waals surface area contributed by atoms with E-state index in [0.29, 0.717) is 0 Å². The molecule has 0 spiro atoms. The van der Waals surface area contributed by atoms with E-state index in [1.54, 1.807) is 0 Å². The van der Waals surface area contributed by atoms with Gasteiger partial charge in [-0.1, -0.05) is 12.2 Å². The van der Waals surface area contributed by atoms with Crippen LogP contribution in [0.2, 0.25) is 0 Å². The summed E-state index contributed by atoms with van der Waals surface area (Å²) in [4.78, 5) is 11.1. The van der Waals surface area contributed by atoms with Crippen molar-refractivity contribution in [1.82, 2.24) is 0 Å². The number of halogens is 7. The Bertz CT molecular complexity index is 768. The monoisotopic (exact) mass is 354 g/mol. The van der Waals surface area contributed by atoms with Gasteiger partial charge in [-0.25, -0.2) is 22.4 Å². The molecule has 2 bridgehead atoms. The van der Waals surface area contributed by atoms with Crippen molar-refractivity contribution in [3.63, 3.8) is 0 Å². The first-order valence-electron chi connectivity index (χ1n) is 6.81. The predicted molar refractivity (Wildman–Crippen MR) is 66.1 cm³/mol. The molecule has 2 nitrogen and oxygen atoms in total. The van der Waals surface area contributed by atoms with Crippen molar-refractivity contribution < 1.29 is 40.3 Å². The summed E-state index contributed by atoms with van der Waals surface area (Å²) in [6.45, 7) is 1.11. The molecule has 3 aliphatic rings. The Morgan fingerprint density at radius 2 is 1.58 bits per heavy atom. The molecule has 24 heavy (non-hydrogen) atoms. The Morgan fingerprint density at radius 1 is 1.04 bits per heavy atom. The van der Waals surface area contributed by atoms with E-state index in [2.05, 4.69) is 4.74 Å². The van der Waals surface area contributed by atoms with Crippen molar-refractivity contribution >= 4 is 5.97 Å². The smallest absolute Gasteiger partial charge is 0.452 e. The van der Waals surface area contributed by atoms with Crippen molar-refractivity contribution in [2.45, 2.75) is 37.0 Å². The van der Waals surface area contributed by atoms with Gasteiger partial charge < -0.3 is 4.74 Å². The summed E-state index contributed by atoms with van der Waals surface area (Å²) in [5.74, 6) is -12.2. The molecule has 0 saturated carbocycles. The third-order valence-electron chi connectivity index (χ3n) is 4.40. The topological polar surface area (TPSA) is 26.3 Å². The molecule has 0 aliphatic heterocycles. The minimum absolute atomic E-state index is 0.315. The molecule has 0 saturated heterocycles. The maximum Gasteiger partial charge on any atom is 0.490 e. The molecule has 0 heterocycles. The van der Waals surface area contributed by atoms with Crippen molar-refractivity contribution in [1.29, 1.82) is 0 Å². The van der Waals surface area contributed by atoms with Gasteiger partial charge >= 0.3 is 12.1 Å². The lowest BCUT2D eigenvalue weighted by molar-refractivity contribution is -0.215. The van der Waals surface area contributed by atoms with Gasteiger partial charge in [0.1, 0.15) is 5.60 Å². The van der Waals surface area contributed by atoms with Gasteiger partial charge in [0.2, 0.25) is 0 Å². The van der Waals surface area contributed by atoms with Crippen LogP contribution >= 0.6 is 0 Å². The van der Waals surface area contributed by atoms with Crippen LogP contribution in [0.4, 0.5) is 30.7 Å². The molecule has 0 aromatic heterocycles. The molecule has 0 amide bonds. The third kappa shape index (κ3) is 2.21. The molecule has 1 aromatic rings. The number of ether oxygens (including phenoxy) is 1. The zero-order valence-electron chi connectivity index (χ0n) is 12.0. The highest BCUT2D eigenvalue weighted by atomic mass is 19.4. The zero-order chi connectivity index (χ0) is 18.0. The number of carbonyl (C=O) groups is 1. The maximum absolute atomic E-state index is 14.1. The lowest BCUT2D eigenvalue weighted by atomic mass is 9.63. The third-order valence-corrected chi connectivity index (χ3v) is 4.40. The summed E-state index contributed by atoms with van der Waals surface area (Å²) >= 11 is 0. The molecule has 9 heteroatoms. The highest BCUT2D eigenvalue weighted by molar-refractivity contribution is 5.76. The SMILES string of the molecule is C[C@@]1(OC(=O)C(F)(F)F)C[C@@H]2C=C[C@H]1c1c(F)c(F)c(F)c(F)c12. The van der Waals surface area contributed by atoms with Crippen LogP contribution in [-0.2, 0) is 9.53 Å². The molecule has 4 rings (SSSR count). The Kier molecular flexibility index (Phi) is 3.47. The number of esters is 1. The molecule has 0 unspecified atom stereocenters. The van der Waals surface area contributed by atoms with Gasteiger partial charge in [0.15, 0.2) is 23.3 Å². The number of alkyl halides is 3. The standard InChI is InChI=1S/C15H9F7O2/c1-14(24-13(23)15(20,21)22)4-5-2-3-6(14)8-7(5)9(16)11(18)12(19)10(8)17/h2-3,5-6H,4H2,1H3/t5-,6-,14+/m0/s1. The number of allylic oxidation sites excluding steroid dienone is 1. The van der Waals surface area contributed by atoms with E-state index in [4.69, 9.17) is 0 Å². The van der Waals surface area contributed by atoms with Gasteiger partial charge in [0.05, 0.1) is 0 Å². The highest BCUT2D eigenvalue weighted by Crippen LogP contribution is 2.54. The molecule has 3 aliphatic carbocycles. The average molecular weight is 354 g/mol. The molecule has 0 radical (unpaired) electrons. The van der Waals surface area contributed by atoms with Crippen molar-refractivity contribution in [3.05, 3.63) is 46.5 Å². The molecule has 0 N–H and O–H groups in total. The van der Waals surface area contributed by atoms with Crippen LogP contribution < -0.4 is 0 Å². The fraction of sp³-hybridized carbons (Fsp3) is 0.400. The van der Waals surface area contributed by atoms with E-state index in [1.807, 2.05) is 0 Å². The van der Waals surface area contributed by atoms with Gasteiger partial charge in [0.25, 0.3) is 0 Å². The number of fused-ring (bicyclic) bond motifs is 1. The van der Waals surface area contributed by atoms with Gasteiger partial charge in [-0.2, -0.15) is 13.2 Å². The van der Waals surface area contributed by atoms with Crippen LogP contribution in [0, 0.1) is 23.3 Å². The van der Waals surface area contributed by atoms with Crippen LogP contribution in [0.25, 0.3) is 0 Å². The molecule has 1 aromatic carbocycles. The maximum atomic E-state index is 14.1. The summed E-state index contributed by atoms with van der Waals surface area (Å²) in [6, 6.07) is 0. The van der Waals surface area contributed by atoms with Crippen molar-refractivity contribution in [2.24, 2.45) is 0 Å². The molecule has 3 atom stereocenters. The largest absolute Gasteiger partial charge is 0.490 e. The summed E-state index contributed by atoms with van der Waals surface area (Å²) < 4.78 is 96.8. The van der Waals surface area contributed by atoms with Crippen LogP contribution in [0.3, 0.4) is 0 Å². The normalized spacial score (nSPS) is 28.0. The minimum atomic E-state index is -5.27. The minimum Gasteiger partial charge on any atom is -0.452 e. The van der Waals surface area contributed by atoms with Crippen molar-refractivity contribution in [3.8, 4) is 0 Å². The fourth-order valence-electron chi connectivity index (χ4n) is 3.39. The predicted octanol–water partition coefficient (Wildman–Crippen LogP) is 4.25. The lowest BCUT2D eigenvalue weighted by Crippen LogP contribution is -2.47. The molecular formula is C15H9F7O2. The Morgan fingerprint density at radius 3 is 2.12 bits per heavy atom. The second-order valence-corrected chi connectivity index (χ2v) is 5.96. The number of carbonyl (C=O) groups excluding carboxylic acids is 1. The van der Waals surface area contributed by atoms with Gasteiger partial charge in [0, 0.05) is 23.0 Å². The zero-order valence-corrected chi connectivity index (χ0v) is 12.0. The van der Waals surface area contributed by atoms with Gasteiger partial charge in [-0.3, -0.25) is 0 Å².